The van der Waals surface area contributed by atoms with E-state index in [0.29, 0.717) is 16.8 Å². The molecule has 4 aromatic rings. The zero-order valence-electron chi connectivity index (χ0n) is 30.6. The number of rotatable bonds is 11. The fraction of sp³-hybridized carbons (Fsp3) is 0.405. The first-order valence-corrected chi connectivity index (χ1v) is 17.6. The number of hydrogen-bond donors (Lipinski definition) is 6. The van der Waals surface area contributed by atoms with Crippen molar-refractivity contribution in [2.24, 2.45) is 0 Å². The molecule has 10 atom stereocenters. The number of hydrogen-bond acceptors (Lipinski definition) is 14. The average Bonchev–Trinajstić information content (AvgIpc) is 3.89. The van der Waals surface area contributed by atoms with Crippen LogP contribution in [0.4, 0.5) is 4.39 Å². The number of nitrogens with zero attached hydrogens (tertiary/aromatic N) is 8. The van der Waals surface area contributed by atoms with E-state index in [0.717, 1.165) is 9.80 Å². The summed E-state index contributed by atoms with van der Waals surface area (Å²) in [5.41, 5.74) is 1.91. The molecule has 298 valence electrons. The molecule has 0 aliphatic carbocycles. The first kappa shape index (κ1) is 40.4. The minimum Gasteiger partial charge on any atom is -0.394 e. The van der Waals surface area contributed by atoms with E-state index in [1.54, 1.807) is 25.1 Å². The molecule has 2 aliphatic heterocycles. The Morgan fingerprint density at radius 2 is 1.30 bits per heavy atom. The van der Waals surface area contributed by atoms with Gasteiger partial charge in [0.25, 0.3) is 11.8 Å². The van der Waals surface area contributed by atoms with Gasteiger partial charge in [-0.1, -0.05) is 41.3 Å². The van der Waals surface area contributed by atoms with Crippen molar-refractivity contribution in [1.29, 1.82) is 0 Å². The second-order valence-corrected chi connectivity index (χ2v) is 13.5. The number of carbonyl (C=O) groups is 2. The minimum absolute atomic E-state index is 0.0827. The highest BCUT2D eigenvalue weighted by Crippen LogP contribution is 2.34. The van der Waals surface area contributed by atoms with E-state index in [4.69, 9.17) is 9.47 Å². The van der Waals surface area contributed by atoms with Crippen LogP contribution in [0.2, 0.25) is 0 Å². The van der Waals surface area contributed by atoms with Crippen LogP contribution in [0.15, 0.2) is 79.7 Å². The molecule has 56 heavy (non-hydrogen) atoms. The predicted molar refractivity (Wildman–Crippen MR) is 194 cm³/mol. The van der Waals surface area contributed by atoms with Crippen LogP contribution in [0.25, 0.3) is 16.8 Å². The third kappa shape index (κ3) is 7.62. The number of carbonyl (C=O) groups excluding carboxylic acids is 2. The molecule has 0 unspecified atom stereocenters. The second-order valence-electron chi connectivity index (χ2n) is 13.5. The van der Waals surface area contributed by atoms with E-state index in [9.17, 15) is 44.6 Å². The molecule has 19 heteroatoms. The summed E-state index contributed by atoms with van der Waals surface area (Å²) in [6.45, 7) is 4.23. The maximum absolute atomic E-state index is 13.8. The largest absolute Gasteiger partial charge is 0.394 e. The fourth-order valence-electron chi connectivity index (χ4n) is 6.95. The summed E-state index contributed by atoms with van der Waals surface area (Å²) in [7, 11) is 2.72. The minimum atomic E-state index is -1.58. The topological polar surface area (TPSA) is 242 Å². The molecule has 2 saturated heterocycles. The van der Waals surface area contributed by atoms with Gasteiger partial charge in [-0.05, 0) is 48.9 Å². The lowest BCUT2D eigenvalue weighted by molar-refractivity contribution is -0.235. The third-order valence-corrected chi connectivity index (χ3v) is 10.1. The molecule has 0 saturated carbocycles. The number of allylic oxidation sites excluding steroid dienone is 3. The number of ether oxygens (including phenoxy) is 2. The molecule has 2 aromatic carbocycles. The Bertz CT molecular complexity index is 2060. The summed E-state index contributed by atoms with van der Waals surface area (Å²) in [6, 6.07) is 8.68. The van der Waals surface area contributed by atoms with Gasteiger partial charge in [0.2, 0.25) is 0 Å². The first-order valence-electron chi connectivity index (χ1n) is 17.6. The normalized spacial score (nSPS) is 28.1. The monoisotopic (exact) mass is 778 g/mol. The molecule has 0 radical (unpaired) electrons. The highest BCUT2D eigenvalue weighted by Gasteiger charge is 2.50. The van der Waals surface area contributed by atoms with Crippen LogP contribution in [-0.2, 0) is 9.47 Å². The lowest BCUT2D eigenvalue weighted by atomic mass is 9.94. The lowest BCUT2D eigenvalue weighted by Crippen LogP contribution is -2.61. The van der Waals surface area contributed by atoms with Crippen molar-refractivity contribution in [2.45, 2.75) is 68.1 Å². The summed E-state index contributed by atoms with van der Waals surface area (Å²) in [4.78, 5) is 29.6. The first-order chi connectivity index (χ1) is 26.8. The average molecular weight is 779 g/mol. The molecule has 6 N–H and O–H groups in total. The molecule has 2 fully saturated rings. The lowest BCUT2D eigenvalue weighted by Gasteiger charge is -2.45. The summed E-state index contributed by atoms with van der Waals surface area (Å²) in [5, 5.41) is 81.1. The van der Waals surface area contributed by atoms with E-state index in [1.165, 1.54) is 78.3 Å². The Kier molecular flexibility index (Phi) is 12.2. The van der Waals surface area contributed by atoms with E-state index in [1.807, 2.05) is 0 Å². The van der Waals surface area contributed by atoms with Gasteiger partial charge in [0.05, 0.1) is 25.6 Å². The molecule has 4 heterocycles. The summed E-state index contributed by atoms with van der Waals surface area (Å²) < 4.78 is 27.8. The summed E-state index contributed by atoms with van der Waals surface area (Å²) >= 11 is 0. The van der Waals surface area contributed by atoms with Gasteiger partial charge in [-0.2, -0.15) is 0 Å². The predicted octanol–water partition coefficient (Wildman–Crippen LogP) is -0.230. The maximum atomic E-state index is 13.8. The Balaban J connectivity index is 1.17. The molecule has 0 bridgehead atoms. The quantitative estimate of drug-likeness (QED) is 0.108. The van der Waals surface area contributed by atoms with Gasteiger partial charge >= 0.3 is 0 Å². The van der Waals surface area contributed by atoms with Gasteiger partial charge in [-0.15, -0.1) is 10.2 Å². The van der Waals surface area contributed by atoms with Crippen molar-refractivity contribution >= 4 is 17.4 Å². The van der Waals surface area contributed by atoms with E-state index >= 15 is 0 Å². The van der Waals surface area contributed by atoms with Gasteiger partial charge in [0.15, 0.2) is 12.5 Å². The number of aromatic nitrogens is 6. The van der Waals surface area contributed by atoms with Crippen molar-refractivity contribution < 1.29 is 54.1 Å². The highest BCUT2D eigenvalue weighted by atomic mass is 19.1. The fourth-order valence-corrected chi connectivity index (χ4v) is 6.95. The van der Waals surface area contributed by atoms with Gasteiger partial charge in [0.1, 0.15) is 65.9 Å². The zero-order valence-corrected chi connectivity index (χ0v) is 30.6. The number of aliphatic hydroxyl groups excluding tert-OH is 6. The number of aliphatic hydroxyl groups is 6. The molecule has 2 aromatic heterocycles. The molecule has 2 amide bonds. The van der Waals surface area contributed by atoms with Crippen molar-refractivity contribution in [2.75, 3.05) is 27.3 Å². The molecule has 6 rings (SSSR count). The van der Waals surface area contributed by atoms with Crippen LogP contribution < -0.4 is 0 Å². The van der Waals surface area contributed by atoms with Crippen LogP contribution in [0.5, 0.6) is 0 Å². The SMILES string of the molecule is C=C/C(=C\C)c1cn([C@@H]2[C@@H](O)[C@H](N(C)C(=O)c3ccc(C(=O)N(C)[C@@H]4O[C@H](CO)[C@H](O)[C@H](n5cc(-c6cccc(F)c6)nn5)[C@H]4O)cc3)O[C@H](CO)[C@@H]2O)nn1. The van der Waals surface area contributed by atoms with Crippen LogP contribution in [0.3, 0.4) is 0 Å². The summed E-state index contributed by atoms with van der Waals surface area (Å²) in [6.07, 6.45) is -4.96. The number of amides is 2. The Labute approximate surface area is 319 Å². The maximum Gasteiger partial charge on any atom is 0.255 e. The van der Waals surface area contributed by atoms with E-state index in [2.05, 4.69) is 27.2 Å². The van der Waals surface area contributed by atoms with Gasteiger partial charge in [-0.25, -0.2) is 13.8 Å². The second kappa shape index (κ2) is 16.9. The van der Waals surface area contributed by atoms with Gasteiger partial charge in [0, 0.05) is 30.8 Å². The van der Waals surface area contributed by atoms with Gasteiger partial charge < -0.3 is 49.9 Å². The summed E-state index contributed by atoms with van der Waals surface area (Å²) in [5.74, 6) is -1.78. The van der Waals surface area contributed by atoms with Crippen LogP contribution >= 0.6 is 0 Å². The molecule has 2 aliphatic rings. The van der Waals surface area contributed by atoms with Crippen LogP contribution in [0, 0.1) is 5.82 Å². The molecule has 18 nitrogen and oxygen atoms in total. The van der Waals surface area contributed by atoms with Crippen LogP contribution in [0.1, 0.15) is 45.4 Å². The van der Waals surface area contributed by atoms with Crippen LogP contribution in [-0.4, -0.2) is 159 Å². The third-order valence-electron chi connectivity index (χ3n) is 10.1. The van der Waals surface area contributed by atoms with Gasteiger partial charge in [-0.3, -0.25) is 9.59 Å². The standard InChI is InChI=1S/C37H43FN8O10/c1-5-19(6-2)24-15-45(41-39-24)28-30(49)26(17-47)55-36(32(28)51)43(3)34(53)20-10-12-21(13-11-20)35(54)44(4)37-33(52)29(31(50)27(18-48)56-37)46-16-25(40-42-46)22-8-7-9-23(38)14-22/h5-16,26-33,36-37,47-52H,1,17-18H2,2-4H3/b19-6+/t26-,27-,28+,29+,30+,31+,32-,33-,36-,37-/m1/s1. The Hall–Kier alpha value is -5.25. The van der Waals surface area contributed by atoms with E-state index < -0.39 is 92.0 Å². The smallest absolute Gasteiger partial charge is 0.255 e. The Morgan fingerprint density at radius 3 is 1.77 bits per heavy atom. The molecular formula is C37H43FN8O10. The number of halogens is 1. The van der Waals surface area contributed by atoms with Crippen molar-refractivity contribution in [3.05, 3.63) is 102 Å². The zero-order chi connectivity index (χ0) is 40.4. The Morgan fingerprint density at radius 1 is 0.804 bits per heavy atom. The van der Waals surface area contributed by atoms with Crippen molar-refractivity contribution in [3.8, 4) is 11.3 Å². The number of benzene rings is 2. The van der Waals surface area contributed by atoms with Crippen molar-refractivity contribution in [3.63, 3.8) is 0 Å². The highest BCUT2D eigenvalue weighted by molar-refractivity contribution is 5.98. The van der Waals surface area contributed by atoms with E-state index in [-0.39, 0.29) is 16.8 Å². The number of likely N-dealkylation sites (N-methyl/N-ethyl adjacent to an activating group) is 2. The van der Waals surface area contributed by atoms with Crippen molar-refractivity contribution in [1.82, 2.24) is 39.8 Å². The molecule has 0 spiro atoms. The molecular weight excluding hydrogens is 735 g/mol.